The fourth-order valence-corrected chi connectivity index (χ4v) is 4.56. The molecule has 2 N–H and O–H groups in total. The second kappa shape index (κ2) is 10.6. The van der Waals surface area contributed by atoms with E-state index < -0.39 is 39.2 Å². The summed E-state index contributed by atoms with van der Waals surface area (Å²) in [5.74, 6) is -2.47. The fourth-order valence-electron chi connectivity index (χ4n) is 3.16. The number of hydrogen-bond donors (Lipinski definition) is 2. The van der Waals surface area contributed by atoms with Gasteiger partial charge in [0.1, 0.15) is 5.82 Å². The minimum Gasteiger partial charge on any atom is -0.351 e. The third-order valence-electron chi connectivity index (χ3n) is 4.94. The van der Waals surface area contributed by atoms with Gasteiger partial charge in [0.25, 0.3) is 12.3 Å². The molecule has 194 valence electrons. The summed E-state index contributed by atoms with van der Waals surface area (Å²) in [5.41, 5.74) is -0.744. The summed E-state index contributed by atoms with van der Waals surface area (Å²) in [7, 11) is -2.89. The first-order valence-electron chi connectivity index (χ1n) is 10.3. The Labute approximate surface area is 211 Å². The van der Waals surface area contributed by atoms with Crippen molar-refractivity contribution in [3.8, 4) is 17.2 Å². The van der Waals surface area contributed by atoms with Crippen molar-refractivity contribution in [2.45, 2.75) is 16.3 Å². The maximum Gasteiger partial charge on any atom is 0.446 e. The maximum atomic E-state index is 13.7. The molecule has 0 aliphatic rings. The van der Waals surface area contributed by atoms with E-state index in [0.29, 0.717) is 10.5 Å². The molecular weight excluding hydrogens is 537 g/mol. The Balaban J connectivity index is 1.45. The maximum absolute atomic E-state index is 13.7. The van der Waals surface area contributed by atoms with E-state index in [1.807, 2.05) is 0 Å². The average molecular weight is 555 g/mol. The topological polar surface area (TPSA) is 157 Å². The van der Waals surface area contributed by atoms with Crippen molar-refractivity contribution in [1.82, 2.24) is 25.4 Å². The van der Waals surface area contributed by atoms with Crippen LogP contribution in [0.2, 0.25) is 0 Å². The number of nitrogens with zero attached hydrogens (tertiary/aromatic N) is 4. The number of thioether (sulfide) groups is 1. The number of rotatable bonds is 9. The molecule has 0 saturated heterocycles. The van der Waals surface area contributed by atoms with Gasteiger partial charge in [0.05, 0.1) is 21.0 Å². The Hall–Kier alpha value is -3.92. The number of aromatic nitrogens is 4. The van der Waals surface area contributed by atoms with Gasteiger partial charge in [0.2, 0.25) is 5.82 Å². The Morgan fingerprint density at radius 2 is 1.92 bits per heavy atom. The van der Waals surface area contributed by atoms with Crippen LogP contribution >= 0.6 is 11.8 Å². The number of carbonyl (C=O) groups is 1. The number of nitrogens with one attached hydrogen (secondary N) is 2. The highest BCUT2D eigenvalue weighted by atomic mass is 32.2. The molecule has 37 heavy (non-hydrogen) atoms. The zero-order valence-corrected chi connectivity index (χ0v) is 20.4. The SMILES string of the molecule is CS(=N)(=O)c1ccc(C(=O)NCCSc2nonc2-c2noc(=O)n2-c2ccc(F)c(C(F)F)c2)cc1. The molecule has 2 heterocycles. The fraction of sp³-hybridized carbons (Fsp3) is 0.190. The van der Waals surface area contributed by atoms with Crippen LogP contribution in [0.15, 0.2) is 66.3 Å². The van der Waals surface area contributed by atoms with Crippen LogP contribution in [0.4, 0.5) is 13.2 Å². The van der Waals surface area contributed by atoms with Gasteiger partial charge in [-0.1, -0.05) is 16.9 Å². The monoisotopic (exact) mass is 554 g/mol. The summed E-state index contributed by atoms with van der Waals surface area (Å²) in [6, 6.07) is 8.54. The molecule has 0 spiro atoms. The van der Waals surface area contributed by atoms with Crippen molar-refractivity contribution in [3.63, 3.8) is 0 Å². The van der Waals surface area contributed by atoms with Crippen molar-refractivity contribution >= 4 is 27.4 Å². The van der Waals surface area contributed by atoms with Crippen LogP contribution in [0.1, 0.15) is 22.3 Å². The summed E-state index contributed by atoms with van der Waals surface area (Å²) in [4.78, 5) is 24.9. The Morgan fingerprint density at radius 1 is 1.19 bits per heavy atom. The van der Waals surface area contributed by atoms with Gasteiger partial charge in [0.15, 0.2) is 10.7 Å². The predicted molar refractivity (Wildman–Crippen MR) is 125 cm³/mol. The van der Waals surface area contributed by atoms with Crippen LogP contribution < -0.4 is 11.1 Å². The number of amides is 1. The molecule has 2 aromatic heterocycles. The molecule has 0 aliphatic heterocycles. The van der Waals surface area contributed by atoms with Gasteiger partial charge in [-0.25, -0.2) is 36.2 Å². The molecule has 0 radical (unpaired) electrons. The van der Waals surface area contributed by atoms with Gasteiger partial charge >= 0.3 is 5.76 Å². The van der Waals surface area contributed by atoms with E-state index in [9.17, 15) is 27.0 Å². The van der Waals surface area contributed by atoms with E-state index in [1.165, 1.54) is 30.5 Å². The second-order valence-corrected chi connectivity index (χ2v) is 10.7. The highest BCUT2D eigenvalue weighted by molar-refractivity contribution is 7.99. The lowest BCUT2D eigenvalue weighted by Crippen LogP contribution is -2.25. The van der Waals surface area contributed by atoms with E-state index in [2.05, 4.69) is 25.3 Å². The molecule has 4 aromatic rings. The van der Waals surface area contributed by atoms with Crippen LogP contribution in [0.3, 0.4) is 0 Å². The lowest BCUT2D eigenvalue weighted by molar-refractivity contribution is 0.0956. The normalized spacial score (nSPS) is 13.0. The first-order chi connectivity index (χ1) is 17.6. The van der Waals surface area contributed by atoms with E-state index >= 15 is 0 Å². The molecule has 0 aliphatic carbocycles. The van der Waals surface area contributed by atoms with Gasteiger partial charge in [-0.15, -0.1) is 0 Å². The molecule has 11 nitrogen and oxygen atoms in total. The van der Waals surface area contributed by atoms with Gasteiger partial charge in [0, 0.05) is 29.0 Å². The van der Waals surface area contributed by atoms with Crippen molar-refractivity contribution < 1.29 is 31.3 Å². The molecule has 2 aromatic carbocycles. The van der Waals surface area contributed by atoms with Crippen molar-refractivity contribution in [3.05, 3.63) is 70.0 Å². The highest BCUT2D eigenvalue weighted by Gasteiger charge is 2.24. The minimum atomic E-state index is -3.11. The molecule has 1 amide bonds. The van der Waals surface area contributed by atoms with E-state index in [0.717, 1.165) is 34.5 Å². The quantitative estimate of drug-likeness (QED) is 0.233. The van der Waals surface area contributed by atoms with Crippen LogP contribution in [0.5, 0.6) is 0 Å². The molecular formula is C21H17F3N6O5S2. The van der Waals surface area contributed by atoms with Crippen molar-refractivity contribution in [2.24, 2.45) is 0 Å². The zero-order chi connectivity index (χ0) is 26.7. The predicted octanol–water partition coefficient (Wildman–Crippen LogP) is 3.51. The van der Waals surface area contributed by atoms with Crippen LogP contribution in [-0.2, 0) is 9.73 Å². The first-order valence-corrected chi connectivity index (χ1v) is 13.3. The van der Waals surface area contributed by atoms with E-state index in [1.54, 1.807) is 0 Å². The molecule has 0 saturated carbocycles. The average Bonchev–Trinajstić information content (AvgIpc) is 3.47. The molecule has 4 rings (SSSR count). The Morgan fingerprint density at radius 3 is 2.59 bits per heavy atom. The van der Waals surface area contributed by atoms with E-state index in [4.69, 9.17) is 9.41 Å². The third-order valence-corrected chi connectivity index (χ3v) is 7.06. The molecule has 0 bridgehead atoms. The van der Waals surface area contributed by atoms with Gasteiger partial charge < -0.3 is 5.32 Å². The number of benzene rings is 2. The lowest BCUT2D eigenvalue weighted by Gasteiger charge is -2.07. The lowest BCUT2D eigenvalue weighted by atomic mass is 10.2. The Bertz CT molecular complexity index is 1600. The van der Waals surface area contributed by atoms with Gasteiger partial charge in [-0.3, -0.25) is 9.32 Å². The largest absolute Gasteiger partial charge is 0.446 e. The van der Waals surface area contributed by atoms with Gasteiger partial charge in [-0.2, -0.15) is 0 Å². The molecule has 0 fully saturated rings. The summed E-state index contributed by atoms with van der Waals surface area (Å²) in [6.45, 7) is 0.182. The van der Waals surface area contributed by atoms with Crippen molar-refractivity contribution in [1.29, 1.82) is 4.78 Å². The Kier molecular flexibility index (Phi) is 7.49. The standard InChI is InChI=1S/C21H17F3N6O5S2/c1-37(25,33)13-5-2-11(3-6-13)19(31)26-8-9-36-20-16(27-35-29-20)18-28-34-21(32)30(18)12-4-7-15(22)14(10-12)17(23)24/h2-7,10,17,25H,8-9H2,1H3,(H,26,31). The summed E-state index contributed by atoms with van der Waals surface area (Å²) in [6.07, 6.45) is -1.83. The molecule has 16 heteroatoms. The summed E-state index contributed by atoms with van der Waals surface area (Å²) < 4.78 is 69.5. The minimum absolute atomic E-state index is 0.0285. The molecule has 1 unspecified atom stereocenters. The number of halogens is 3. The molecule has 1 atom stereocenters. The van der Waals surface area contributed by atoms with Crippen LogP contribution in [0.25, 0.3) is 17.2 Å². The first kappa shape index (κ1) is 26.2. The number of alkyl halides is 2. The van der Waals surface area contributed by atoms with E-state index in [-0.39, 0.29) is 34.5 Å². The number of carbonyl (C=O) groups excluding carboxylic acids is 1. The van der Waals surface area contributed by atoms with Gasteiger partial charge in [-0.05, 0) is 52.8 Å². The third kappa shape index (κ3) is 5.75. The second-order valence-electron chi connectivity index (χ2n) is 7.50. The number of hydrogen-bond acceptors (Lipinski definition) is 10. The van der Waals surface area contributed by atoms with Crippen LogP contribution in [-0.4, -0.2) is 48.7 Å². The summed E-state index contributed by atoms with van der Waals surface area (Å²) >= 11 is 1.09. The van der Waals surface area contributed by atoms with Crippen LogP contribution in [0, 0.1) is 10.6 Å². The smallest absolute Gasteiger partial charge is 0.351 e. The highest BCUT2D eigenvalue weighted by Crippen LogP contribution is 2.29. The zero-order valence-electron chi connectivity index (χ0n) is 18.8. The van der Waals surface area contributed by atoms with Crippen molar-refractivity contribution in [2.75, 3.05) is 18.6 Å². The summed E-state index contributed by atoms with van der Waals surface area (Å²) in [5, 5.41) is 13.9.